The van der Waals surface area contributed by atoms with Crippen molar-refractivity contribution in [2.75, 3.05) is 25.5 Å². The van der Waals surface area contributed by atoms with Crippen LogP contribution < -0.4 is 11.1 Å². The zero-order valence-electron chi connectivity index (χ0n) is 16.2. The molecule has 0 spiro atoms. The summed E-state index contributed by atoms with van der Waals surface area (Å²) in [6, 6.07) is 16.5. The normalized spacial score (nSPS) is 15.7. The first kappa shape index (κ1) is 19.4. The maximum atomic E-state index is 6.14. The molecular weight excluding hydrogens is 336 g/mol. The first-order chi connectivity index (χ1) is 13.3. The van der Waals surface area contributed by atoms with Crippen LogP contribution in [0.3, 0.4) is 0 Å². The van der Waals surface area contributed by atoms with Gasteiger partial charge in [0.2, 0.25) is 0 Å². The van der Waals surface area contributed by atoms with E-state index in [1.165, 1.54) is 43.5 Å². The van der Waals surface area contributed by atoms with Gasteiger partial charge in [-0.2, -0.15) is 0 Å². The highest BCUT2D eigenvalue weighted by Crippen LogP contribution is 2.18. The molecule has 3 N–H and O–H groups in total. The van der Waals surface area contributed by atoms with E-state index in [2.05, 4.69) is 39.5 Å². The Kier molecular flexibility index (Phi) is 7.25. The quantitative estimate of drug-likeness (QED) is 0.579. The lowest BCUT2D eigenvalue weighted by Gasteiger charge is -2.27. The average Bonchev–Trinajstić information content (AvgIpc) is 2.70. The highest BCUT2D eigenvalue weighted by molar-refractivity contribution is 5.92. The number of likely N-dealkylation sites (tertiary alicyclic amines) is 1. The number of aliphatic imine (C=N–C) groups is 1. The molecule has 144 valence electrons. The Morgan fingerprint density at radius 2 is 1.67 bits per heavy atom. The van der Waals surface area contributed by atoms with Crippen LogP contribution in [0, 0.1) is 0 Å². The van der Waals surface area contributed by atoms with Crippen LogP contribution in [0.25, 0.3) is 0 Å². The number of nitrogens with two attached hydrogens (primary N) is 1. The molecule has 1 fully saturated rings. The van der Waals surface area contributed by atoms with Crippen LogP contribution in [0.4, 0.5) is 5.69 Å². The van der Waals surface area contributed by atoms with E-state index in [-0.39, 0.29) is 0 Å². The summed E-state index contributed by atoms with van der Waals surface area (Å²) >= 11 is 0. The van der Waals surface area contributed by atoms with Crippen molar-refractivity contribution in [1.82, 2.24) is 4.90 Å². The Morgan fingerprint density at radius 3 is 2.41 bits per heavy atom. The minimum absolute atomic E-state index is 0.423. The summed E-state index contributed by atoms with van der Waals surface area (Å²) in [6.07, 6.45) is 3.96. The monoisotopic (exact) mass is 366 g/mol. The fraction of sp³-hybridized carbons (Fsp3) is 0.409. The molecular formula is C22H30N4O. The van der Waals surface area contributed by atoms with Gasteiger partial charge in [0.25, 0.3) is 0 Å². The van der Waals surface area contributed by atoms with Gasteiger partial charge in [0, 0.05) is 24.9 Å². The predicted octanol–water partition coefficient (Wildman–Crippen LogP) is 3.75. The van der Waals surface area contributed by atoms with Gasteiger partial charge in [0.15, 0.2) is 5.96 Å². The van der Waals surface area contributed by atoms with Crippen molar-refractivity contribution in [1.29, 1.82) is 0 Å². The molecule has 2 aromatic rings. The molecule has 0 aliphatic carbocycles. The molecule has 1 heterocycles. The molecule has 0 atom stereocenters. The standard InChI is InChI=1S/C22H30N4O/c1-27-17-20-11-5-6-12-21(20)25-22(23)24-15-18-9-3-4-10-19(18)16-26-13-7-2-8-14-26/h3-6,9-12H,2,7-8,13-17H2,1H3,(H3,23,24,25). The Labute approximate surface area is 162 Å². The molecule has 1 aliphatic heterocycles. The third kappa shape index (κ3) is 5.81. The number of hydrogen-bond donors (Lipinski definition) is 2. The van der Waals surface area contributed by atoms with Gasteiger partial charge < -0.3 is 15.8 Å². The molecule has 2 aromatic carbocycles. The highest BCUT2D eigenvalue weighted by atomic mass is 16.5. The van der Waals surface area contributed by atoms with E-state index in [0.29, 0.717) is 19.1 Å². The number of hydrogen-bond acceptors (Lipinski definition) is 3. The Morgan fingerprint density at radius 1 is 1.00 bits per heavy atom. The first-order valence-electron chi connectivity index (χ1n) is 9.69. The van der Waals surface area contributed by atoms with Gasteiger partial charge in [-0.1, -0.05) is 48.9 Å². The molecule has 0 saturated carbocycles. The van der Waals surface area contributed by atoms with Crippen molar-refractivity contribution < 1.29 is 4.74 Å². The minimum Gasteiger partial charge on any atom is -0.380 e. The number of para-hydroxylation sites is 1. The summed E-state index contributed by atoms with van der Waals surface area (Å²) in [5, 5.41) is 3.20. The third-order valence-corrected chi connectivity index (χ3v) is 4.96. The lowest BCUT2D eigenvalue weighted by atomic mass is 10.1. The number of nitrogens with zero attached hydrogens (tertiary/aromatic N) is 2. The van der Waals surface area contributed by atoms with Gasteiger partial charge >= 0.3 is 0 Å². The number of anilines is 1. The maximum absolute atomic E-state index is 6.14. The van der Waals surface area contributed by atoms with Crippen molar-refractivity contribution in [2.45, 2.75) is 39.0 Å². The molecule has 0 aromatic heterocycles. The van der Waals surface area contributed by atoms with E-state index in [9.17, 15) is 0 Å². The predicted molar refractivity (Wildman–Crippen MR) is 112 cm³/mol. The number of piperidine rings is 1. The summed E-state index contributed by atoms with van der Waals surface area (Å²) in [4.78, 5) is 7.11. The van der Waals surface area contributed by atoms with Gasteiger partial charge in [-0.05, 0) is 43.1 Å². The molecule has 0 amide bonds. The lowest BCUT2D eigenvalue weighted by molar-refractivity contribution is 0.185. The Bertz CT molecular complexity index is 753. The van der Waals surface area contributed by atoms with Gasteiger partial charge in [-0.3, -0.25) is 4.90 Å². The van der Waals surface area contributed by atoms with Gasteiger partial charge in [-0.15, -0.1) is 0 Å². The molecule has 1 aliphatic rings. The lowest BCUT2D eigenvalue weighted by Crippen LogP contribution is -2.29. The van der Waals surface area contributed by atoms with E-state index in [0.717, 1.165) is 17.8 Å². The molecule has 1 saturated heterocycles. The summed E-state index contributed by atoms with van der Waals surface area (Å²) in [7, 11) is 1.69. The van der Waals surface area contributed by atoms with E-state index >= 15 is 0 Å². The molecule has 3 rings (SSSR count). The van der Waals surface area contributed by atoms with Crippen LogP contribution in [0.1, 0.15) is 36.0 Å². The van der Waals surface area contributed by atoms with Crippen LogP contribution in [-0.4, -0.2) is 31.1 Å². The van der Waals surface area contributed by atoms with Crippen LogP contribution in [0.5, 0.6) is 0 Å². The molecule has 0 radical (unpaired) electrons. The zero-order chi connectivity index (χ0) is 18.9. The molecule has 0 unspecified atom stereocenters. The van der Waals surface area contributed by atoms with Crippen LogP contribution in [0.2, 0.25) is 0 Å². The minimum atomic E-state index is 0.423. The third-order valence-electron chi connectivity index (χ3n) is 4.96. The van der Waals surface area contributed by atoms with Crippen molar-refractivity contribution >= 4 is 11.6 Å². The topological polar surface area (TPSA) is 62.9 Å². The van der Waals surface area contributed by atoms with E-state index < -0.39 is 0 Å². The number of guanidine groups is 1. The SMILES string of the molecule is COCc1ccccc1NC(N)=NCc1ccccc1CN1CCCCC1. The largest absolute Gasteiger partial charge is 0.380 e. The van der Waals surface area contributed by atoms with Gasteiger partial charge in [0.05, 0.1) is 13.2 Å². The number of ether oxygens (including phenoxy) is 1. The first-order valence-corrected chi connectivity index (χ1v) is 9.69. The summed E-state index contributed by atoms with van der Waals surface area (Å²) in [5.41, 5.74) is 10.7. The second-order valence-electron chi connectivity index (χ2n) is 7.02. The van der Waals surface area contributed by atoms with E-state index in [1.54, 1.807) is 7.11 Å². The van der Waals surface area contributed by atoms with Crippen LogP contribution in [-0.2, 0) is 24.4 Å². The number of methoxy groups -OCH3 is 1. The van der Waals surface area contributed by atoms with Crippen LogP contribution in [0.15, 0.2) is 53.5 Å². The maximum Gasteiger partial charge on any atom is 0.193 e. The average molecular weight is 367 g/mol. The van der Waals surface area contributed by atoms with Gasteiger partial charge in [0.1, 0.15) is 0 Å². The second kappa shape index (κ2) is 10.1. The van der Waals surface area contributed by atoms with Crippen LogP contribution >= 0.6 is 0 Å². The van der Waals surface area contributed by atoms with Crippen molar-refractivity contribution in [3.8, 4) is 0 Å². The second-order valence-corrected chi connectivity index (χ2v) is 7.02. The number of benzene rings is 2. The smallest absolute Gasteiger partial charge is 0.193 e. The highest BCUT2D eigenvalue weighted by Gasteiger charge is 2.12. The fourth-order valence-electron chi connectivity index (χ4n) is 3.50. The van der Waals surface area contributed by atoms with Crippen molar-refractivity contribution in [2.24, 2.45) is 10.7 Å². The molecule has 5 nitrogen and oxygen atoms in total. The summed E-state index contributed by atoms with van der Waals surface area (Å²) < 4.78 is 5.24. The van der Waals surface area contributed by atoms with Crippen molar-refractivity contribution in [3.63, 3.8) is 0 Å². The number of nitrogens with one attached hydrogen (secondary N) is 1. The Hall–Kier alpha value is -2.37. The van der Waals surface area contributed by atoms with E-state index in [1.807, 2.05) is 24.3 Å². The fourth-order valence-corrected chi connectivity index (χ4v) is 3.50. The zero-order valence-corrected chi connectivity index (χ0v) is 16.2. The molecule has 5 heteroatoms. The number of rotatable bonds is 7. The van der Waals surface area contributed by atoms with Gasteiger partial charge in [-0.25, -0.2) is 4.99 Å². The van der Waals surface area contributed by atoms with E-state index in [4.69, 9.17) is 10.5 Å². The summed E-state index contributed by atoms with van der Waals surface area (Å²) in [5.74, 6) is 0.423. The molecule has 27 heavy (non-hydrogen) atoms. The Balaban J connectivity index is 1.65. The van der Waals surface area contributed by atoms with Crippen molar-refractivity contribution in [3.05, 3.63) is 65.2 Å². The molecule has 0 bridgehead atoms. The summed E-state index contributed by atoms with van der Waals surface area (Å²) in [6.45, 7) is 4.50.